The molecule has 1 atom stereocenters. The van der Waals surface area contributed by atoms with Crippen molar-refractivity contribution in [1.29, 1.82) is 0 Å². The summed E-state index contributed by atoms with van der Waals surface area (Å²) in [5.74, 6) is 6.59. The minimum Gasteiger partial charge on any atom is -0.368 e. The Morgan fingerprint density at radius 3 is 2.83 bits per heavy atom. The largest absolute Gasteiger partial charge is 0.368 e. The van der Waals surface area contributed by atoms with Gasteiger partial charge in [-0.3, -0.25) is 10.3 Å². The molecule has 1 aliphatic carbocycles. The van der Waals surface area contributed by atoms with E-state index in [1.807, 2.05) is 13.0 Å². The summed E-state index contributed by atoms with van der Waals surface area (Å²) in [5.41, 5.74) is 3.37. The fourth-order valence-electron chi connectivity index (χ4n) is 1.96. The van der Waals surface area contributed by atoms with Crippen LogP contribution >= 0.6 is 0 Å². The Labute approximate surface area is 108 Å². The van der Waals surface area contributed by atoms with Crippen molar-refractivity contribution >= 4 is 11.8 Å². The van der Waals surface area contributed by atoms with Gasteiger partial charge in [-0.25, -0.2) is 10.8 Å². The first kappa shape index (κ1) is 13.0. The van der Waals surface area contributed by atoms with Crippen LogP contribution in [0.15, 0.2) is 6.07 Å². The lowest BCUT2D eigenvalue weighted by molar-refractivity contribution is 0.257. The van der Waals surface area contributed by atoms with Crippen molar-refractivity contribution in [3.8, 4) is 0 Å². The fraction of sp³-hybridized carbons (Fsp3) is 0.667. The molecular weight excluding hydrogens is 228 g/mol. The fourth-order valence-corrected chi connectivity index (χ4v) is 1.96. The molecule has 1 saturated carbocycles. The number of rotatable bonds is 6. The first-order valence-corrected chi connectivity index (χ1v) is 6.38. The van der Waals surface area contributed by atoms with Crippen molar-refractivity contribution in [3.63, 3.8) is 0 Å². The molecule has 0 aromatic carbocycles. The maximum absolute atomic E-state index is 5.33. The van der Waals surface area contributed by atoms with E-state index in [4.69, 9.17) is 5.84 Å². The molecule has 1 fully saturated rings. The van der Waals surface area contributed by atoms with Crippen molar-refractivity contribution < 1.29 is 0 Å². The van der Waals surface area contributed by atoms with Gasteiger partial charge in [-0.2, -0.15) is 4.98 Å². The van der Waals surface area contributed by atoms with Crippen LogP contribution in [0.2, 0.25) is 0 Å². The maximum atomic E-state index is 5.33. The molecule has 6 heteroatoms. The number of nitrogens with one attached hydrogen (secondary N) is 2. The number of hydrogen-bond acceptors (Lipinski definition) is 6. The molecule has 0 aliphatic heterocycles. The van der Waals surface area contributed by atoms with Crippen LogP contribution < -0.4 is 16.6 Å². The molecule has 2 rings (SSSR count). The van der Waals surface area contributed by atoms with Crippen LogP contribution in [0.5, 0.6) is 0 Å². The van der Waals surface area contributed by atoms with E-state index in [0.29, 0.717) is 12.0 Å². The molecule has 1 aliphatic rings. The van der Waals surface area contributed by atoms with Gasteiger partial charge in [0.2, 0.25) is 5.95 Å². The molecule has 1 aromatic rings. The number of aromatic nitrogens is 2. The predicted octanol–water partition coefficient (Wildman–Crippen LogP) is 0.965. The van der Waals surface area contributed by atoms with Crippen molar-refractivity contribution in [3.05, 3.63) is 11.8 Å². The van der Waals surface area contributed by atoms with Crippen LogP contribution in [0.25, 0.3) is 0 Å². The lowest BCUT2D eigenvalue weighted by Crippen LogP contribution is -2.36. The summed E-state index contributed by atoms with van der Waals surface area (Å²) in [6.07, 6.45) is 2.66. The average molecular weight is 250 g/mol. The maximum Gasteiger partial charge on any atom is 0.239 e. The van der Waals surface area contributed by atoms with Gasteiger partial charge in [-0.05, 0) is 33.7 Å². The van der Waals surface area contributed by atoms with Gasteiger partial charge in [0.15, 0.2) is 0 Å². The molecule has 0 spiro atoms. The van der Waals surface area contributed by atoms with Gasteiger partial charge in [0.05, 0.1) is 0 Å². The van der Waals surface area contributed by atoms with Crippen molar-refractivity contribution in [2.75, 3.05) is 24.3 Å². The standard InChI is InChI=1S/C12H22N6/c1-8-6-11(16-12(15-8)17-13)14-7-9(2)18(3)10-4-5-10/h6,9-10H,4-5,7,13H2,1-3H3,(H2,14,15,16,17). The molecule has 100 valence electrons. The molecule has 0 saturated heterocycles. The number of likely N-dealkylation sites (N-methyl/N-ethyl adjacent to an activating group) is 1. The summed E-state index contributed by atoms with van der Waals surface area (Å²) in [6, 6.07) is 3.18. The van der Waals surface area contributed by atoms with E-state index in [1.54, 1.807) is 0 Å². The molecule has 0 bridgehead atoms. The van der Waals surface area contributed by atoms with Crippen LogP contribution in [-0.4, -0.2) is 40.5 Å². The second kappa shape index (κ2) is 5.49. The Morgan fingerprint density at radius 2 is 2.22 bits per heavy atom. The lowest BCUT2D eigenvalue weighted by Gasteiger charge is -2.24. The van der Waals surface area contributed by atoms with Gasteiger partial charge in [-0.1, -0.05) is 0 Å². The Kier molecular flexibility index (Phi) is 3.98. The lowest BCUT2D eigenvalue weighted by atomic mass is 10.3. The van der Waals surface area contributed by atoms with Gasteiger partial charge in [0.25, 0.3) is 0 Å². The van der Waals surface area contributed by atoms with E-state index in [0.717, 1.165) is 24.1 Å². The minimum atomic E-state index is 0.445. The van der Waals surface area contributed by atoms with E-state index < -0.39 is 0 Å². The van der Waals surface area contributed by atoms with E-state index in [9.17, 15) is 0 Å². The summed E-state index contributed by atoms with van der Waals surface area (Å²) in [6.45, 7) is 5.02. The first-order valence-electron chi connectivity index (χ1n) is 6.38. The number of aryl methyl sites for hydroxylation is 1. The van der Waals surface area contributed by atoms with Gasteiger partial charge in [0.1, 0.15) is 5.82 Å². The second-order valence-electron chi connectivity index (χ2n) is 4.99. The Balaban J connectivity index is 1.90. The number of nitrogen functional groups attached to an aromatic ring is 1. The molecule has 1 unspecified atom stereocenters. The third-order valence-electron chi connectivity index (χ3n) is 3.38. The highest BCUT2D eigenvalue weighted by Crippen LogP contribution is 2.26. The second-order valence-corrected chi connectivity index (χ2v) is 4.99. The Morgan fingerprint density at radius 1 is 1.50 bits per heavy atom. The van der Waals surface area contributed by atoms with E-state index in [1.165, 1.54) is 12.8 Å². The molecule has 18 heavy (non-hydrogen) atoms. The van der Waals surface area contributed by atoms with E-state index >= 15 is 0 Å². The summed E-state index contributed by atoms with van der Waals surface area (Å²) in [4.78, 5) is 10.8. The van der Waals surface area contributed by atoms with Crippen LogP contribution in [-0.2, 0) is 0 Å². The van der Waals surface area contributed by atoms with Crippen molar-refractivity contribution in [2.24, 2.45) is 5.84 Å². The molecular formula is C12H22N6. The number of nitrogens with two attached hydrogens (primary N) is 1. The first-order chi connectivity index (χ1) is 8.60. The molecule has 0 radical (unpaired) electrons. The van der Waals surface area contributed by atoms with E-state index in [2.05, 4.69) is 39.6 Å². The monoisotopic (exact) mass is 250 g/mol. The van der Waals surface area contributed by atoms with Gasteiger partial charge >= 0.3 is 0 Å². The highest BCUT2D eigenvalue weighted by Gasteiger charge is 2.28. The summed E-state index contributed by atoms with van der Waals surface area (Å²) in [7, 11) is 2.18. The third kappa shape index (κ3) is 3.30. The van der Waals surface area contributed by atoms with Gasteiger partial charge in [0, 0.05) is 30.4 Å². The topological polar surface area (TPSA) is 79.1 Å². The molecule has 1 aromatic heterocycles. The molecule has 1 heterocycles. The number of hydrazine groups is 1. The zero-order chi connectivity index (χ0) is 13.1. The van der Waals surface area contributed by atoms with E-state index in [-0.39, 0.29) is 0 Å². The Bertz CT molecular complexity index is 404. The van der Waals surface area contributed by atoms with Crippen LogP contribution in [0.4, 0.5) is 11.8 Å². The zero-order valence-electron chi connectivity index (χ0n) is 11.3. The highest BCUT2D eigenvalue weighted by molar-refractivity contribution is 5.41. The van der Waals surface area contributed by atoms with Crippen LogP contribution in [0.3, 0.4) is 0 Å². The van der Waals surface area contributed by atoms with Crippen LogP contribution in [0, 0.1) is 6.92 Å². The smallest absolute Gasteiger partial charge is 0.239 e. The van der Waals surface area contributed by atoms with Crippen LogP contribution in [0.1, 0.15) is 25.5 Å². The highest BCUT2D eigenvalue weighted by atomic mass is 15.3. The summed E-state index contributed by atoms with van der Waals surface area (Å²) in [5, 5.41) is 3.34. The average Bonchev–Trinajstić information content (AvgIpc) is 3.18. The Hall–Kier alpha value is -1.40. The summed E-state index contributed by atoms with van der Waals surface area (Å²) < 4.78 is 0. The molecule has 0 amide bonds. The molecule has 6 nitrogen and oxygen atoms in total. The van der Waals surface area contributed by atoms with Crippen molar-refractivity contribution in [2.45, 2.75) is 38.8 Å². The SMILES string of the molecule is Cc1cc(NCC(C)N(C)C2CC2)nc(NN)n1. The minimum absolute atomic E-state index is 0.445. The van der Waals surface area contributed by atoms with Gasteiger partial charge < -0.3 is 5.32 Å². The predicted molar refractivity (Wildman–Crippen MR) is 73.3 cm³/mol. The number of nitrogens with zero attached hydrogens (tertiary/aromatic N) is 3. The molecule has 4 N–H and O–H groups in total. The number of anilines is 2. The summed E-state index contributed by atoms with van der Waals surface area (Å²) >= 11 is 0. The number of hydrogen-bond donors (Lipinski definition) is 3. The zero-order valence-corrected chi connectivity index (χ0v) is 11.3. The third-order valence-corrected chi connectivity index (χ3v) is 3.38. The van der Waals surface area contributed by atoms with Crippen molar-refractivity contribution in [1.82, 2.24) is 14.9 Å². The normalized spacial score (nSPS) is 16.7. The van der Waals surface area contributed by atoms with Gasteiger partial charge in [-0.15, -0.1) is 0 Å². The quantitative estimate of drug-likeness (QED) is 0.515.